The van der Waals surface area contributed by atoms with Crippen LogP contribution in [-0.2, 0) is 14.8 Å². The number of nitrogens with zero attached hydrogens (tertiary/aromatic N) is 1. The molecule has 1 heterocycles. The zero-order valence-corrected chi connectivity index (χ0v) is 18.0. The second kappa shape index (κ2) is 11.4. The first-order valence-corrected chi connectivity index (χ1v) is 11.8. The predicted octanol–water partition coefficient (Wildman–Crippen LogP) is 1.96. The summed E-state index contributed by atoms with van der Waals surface area (Å²) >= 11 is 0. The van der Waals surface area contributed by atoms with Crippen molar-refractivity contribution in [3.63, 3.8) is 0 Å². The first kappa shape index (κ1) is 22.6. The van der Waals surface area contributed by atoms with Gasteiger partial charge in [0.2, 0.25) is 10.0 Å². The summed E-state index contributed by atoms with van der Waals surface area (Å²) in [5, 5.41) is 6.41. The Kier molecular flexibility index (Phi) is 9.21. The minimum Gasteiger partial charge on any atom is -0.373 e. The van der Waals surface area contributed by atoms with Crippen LogP contribution in [0.1, 0.15) is 43.9 Å². The summed E-state index contributed by atoms with van der Waals surface area (Å²) in [6, 6.07) is 8.53. The lowest BCUT2D eigenvalue weighted by Gasteiger charge is -2.31. The van der Waals surface area contributed by atoms with Gasteiger partial charge in [-0.05, 0) is 39.2 Å². The number of ether oxygens (including phenoxy) is 1. The highest BCUT2D eigenvalue weighted by Gasteiger charge is 2.27. The molecule has 1 aliphatic heterocycles. The first-order valence-electron chi connectivity index (χ1n) is 10.1. The fourth-order valence-corrected chi connectivity index (χ4v) is 3.81. The van der Waals surface area contributed by atoms with Crippen molar-refractivity contribution in [3.8, 4) is 0 Å². The molecule has 1 aromatic rings. The number of hydrogen-bond donors (Lipinski definition) is 3. The van der Waals surface area contributed by atoms with Gasteiger partial charge in [0.1, 0.15) is 0 Å². The molecule has 3 N–H and O–H groups in total. The summed E-state index contributed by atoms with van der Waals surface area (Å²) in [4.78, 5) is 4.72. The largest absolute Gasteiger partial charge is 0.373 e. The highest BCUT2D eigenvalue weighted by Crippen LogP contribution is 2.33. The SMILES string of the molecule is CCNC(=NCC1CCCOC1c1ccc(C)cc1)NCCNS(=O)(=O)CC. The maximum atomic E-state index is 11.5. The van der Waals surface area contributed by atoms with E-state index in [4.69, 9.17) is 9.73 Å². The van der Waals surface area contributed by atoms with Gasteiger partial charge in [0.15, 0.2) is 5.96 Å². The molecule has 0 aliphatic carbocycles. The third kappa shape index (κ3) is 7.41. The topological polar surface area (TPSA) is 91.8 Å². The summed E-state index contributed by atoms with van der Waals surface area (Å²) in [5.41, 5.74) is 2.45. The molecular weight excluding hydrogens is 376 g/mol. The molecule has 2 unspecified atom stereocenters. The third-order valence-electron chi connectivity index (χ3n) is 4.80. The predicted molar refractivity (Wildman–Crippen MR) is 114 cm³/mol. The number of aryl methyl sites for hydroxylation is 1. The Balaban J connectivity index is 1.94. The van der Waals surface area contributed by atoms with E-state index in [0.717, 1.165) is 26.0 Å². The number of benzene rings is 1. The van der Waals surface area contributed by atoms with Crippen molar-refractivity contribution in [2.75, 3.05) is 38.5 Å². The number of aliphatic imine (C=N–C) groups is 1. The molecule has 0 bridgehead atoms. The lowest BCUT2D eigenvalue weighted by Crippen LogP contribution is -2.42. The normalized spacial score (nSPS) is 20.8. The zero-order chi connectivity index (χ0) is 20.4. The molecule has 0 spiro atoms. The van der Waals surface area contributed by atoms with Crippen LogP contribution in [0.15, 0.2) is 29.3 Å². The fraction of sp³-hybridized carbons (Fsp3) is 0.650. The van der Waals surface area contributed by atoms with Gasteiger partial charge in [0, 0.05) is 38.7 Å². The van der Waals surface area contributed by atoms with Gasteiger partial charge in [-0.25, -0.2) is 13.1 Å². The molecular formula is C20H34N4O3S. The van der Waals surface area contributed by atoms with Crippen molar-refractivity contribution in [1.29, 1.82) is 0 Å². The Morgan fingerprint density at radius 3 is 2.61 bits per heavy atom. The standard InChI is InChI=1S/C20H34N4O3S/c1-4-21-20(22-12-13-24-28(25,26)5-2)23-15-18-7-6-14-27-19(18)17-10-8-16(3)9-11-17/h8-11,18-19,24H,4-7,12-15H2,1-3H3,(H2,21,22,23). The van der Waals surface area contributed by atoms with Crippen LogP contribution in [0.3, 0.4) is 0 Å². The molecule has 0 amide bonds. The maximum Gasteiger partial charge on any atom is 0.211 e. The molecule has 1 aliphatic rings. The molecule has 1 fully saturated rings. The zero-order valence-electron chi connectivity index (χ0n) is 17.2. The molecule has 158 valence electrons. The number of sulfonamides is 1. The van der Waals surface area contributed by atoms with Gasteiger partial charge in [0.25, 0.3) is 0 Å². The molecule has 7 nitrogen and oxygen atoms in total. The summed E-state index contributed by atoms with van der Waals surface area (Å²) in [5.74, 6) is 1.11. The van der Waals surface area contributed by atoms with Gasteiger partial charge < -0.3 is 15.4 Å². The minimum atomic E-state index is -3.17. The van der Waals surface area contributed by atoms with Gasteiger partial charge >= 0.3 is 0 Å². The number of nitrogens with one attached hydrogen (secondary N) is 3. The Morgan fingerprint density at radius 1 is 1.18 bits per heavy atom. The van der Waals surface area contributed by atoms with Crippen molar-refractivity contribution in [2.45, 2.75) is 39.7 Å². The maximum absolute atomic E-state index is 11.5. The van der Waals surface area contributed by atoms with E-state index in [1.807, 2.05) is 6.92 Å². The van der Waals surface area contributed by atoms with Crippen LogP contribution in [0.4, 0.5) is 0 Å². The minimum absolute atomic E-state index is 0.0670. The summed E-state index contributed by atoms with van der Waals surface area (Å²) in [6.45, 7) is 8.72. The molecule has 0 radical (unpaired) electrons. The van der Waals surface area contributed by atoms with E-state index in [1.165, 1.54) is 11.1 Å². The Morgan fingerprint density at radius 2 is 1.93 bits per heavy atom. The second-order valence-corrected chi connectivity index (χ2v) is 9.14. The van der Waals surface area contributed by atoms with Gasteiger partial charge in [-0.15, -0.1) is 0 Å². The van der Waals surface area contributed by atoms with Gasteiger partial charge in [0.05, 0.1) is 11.9 Å². The quantitative estimate of drug-likeness (QED) is 0.329. The third-order valence-corrected chi connectivity index (χ3v) is 6.20. The highest BCUT2D eigenvalue weighted by molar-refractivity contribution is 7.89. The van der Waals surface area contributed by atoms with Crippen molar-refractivity contribution in [2.24, 2.45) is 10.9 Å². The Labute approximate surface area is 169 Å². The van der Waals surface area contributed by atoms with Gasteiger partial charge in [-0.3, -0.25) is 4.99 Å². The van der Waals surface area contributed by atoms with Crippen molar-refractivity contribution < 1.29 is 13.2 Å². The van der Waals surface area contributed by atoms with E-state index in [0.29, 0.717) is 31.5 Å². The second-order valence-electron chi connectivity index (χ2n) is 7.05. The van der Waals surface area contributed by atoms with Crippen LogP contribution in [0.5, 0.6) is 0 Å². The molecule has 1 aromatic carbocycles. The van der Waals surface area contributed by atoms with E-state index < -0.39 is 10.0 Å². The molecule has 0 aromatic heterocycles. The van der Waals surface area contributed by atoms with Crippen LogP contribution in [0.25, 0.3) is 0 Å². The molecule has 2 atom stereocenters. The molecule has 8 heteroatoms. The van der Waals surface area contributed by atoms with Crippen LogP contribution in [0.2, 0.25) is 0 Å². The summed E-state index contributed by atoms with van der Waals surface area (Å²) in [6.07, 6.45) is 2.20. The van der Waals surface area contributed by atoms with Crippen LogP contribution in [0, 0.1) is 12.8 Å². The van der Waals surface area contributed by atoms with Crippen molar-refractivity contribution in [3.05, 3.63) is 35.4 Å². The average Bonchev–Trinajstić information content (AvgIpc) is 2.70. The van der Waals surface area contributed by atoms with E-state index in [9.17, 15) is 8.42 Å². The van der Waals surface area contributed by atoms with E-state index in [2.05, 4.69) is 46.5 Å². The summed E-state index contributed by atoms with van der Waals surface area (Å²) < 4.78 is 31.6. The smallest absolute Gasteiger partial charge is 0.211 e. The average molecular weight is 411 g/mol. The summed E-state index contributed by atoms with van der Waals surface area (Å²) in [7, 11) is -3.17. The fourth-order valence-electron chi connectivity index (χ4n) is 3.19. The monoisotopic (exact) mass is 410 g/mol. The van der Waals surface area contributed by atoms with Gasteiger partial charge in [-0.2, -0.15) is 0 Å². The molecule has 2 rings (SSSR count). The van der Waals surface area contributed by atoms with E-state index in [1.54, 1.807) is 6.92 Å². The van der Waals surface area contributed by atoms with Crippen molar-refractivity contribution >= 4 is 16.0 Å². The van der Waals surface area contributed by atoms with E-state index in [-0.39, 0.29) is 11.9 Å². The first-order chi connectivity index (χ1) is 13.4. The van der Waals surface area contributed by atoms with Crippen LogP contribution in [-0.4, -0.2) is 52.9 Å². The lowest BCUT2D eigenvalue weighted by molar-refractivity contribution is -0.0250. The van der Waals surface area contributed by atoms with Crippen molar-refractivity contribution in [1.82, 2.24) is 15.4 Å². The molecule has 28 heavy (non-hydrogen) atoms. The number of guanidine groups is 1. The highest BCUT2D eigenvalue weighted by atomic mass is 32.2. The van der Waals surface area contributed by atoms with Gasteiger partial charge in [-0.1, -0.05) is 29.8 Å². The molecule has 1 saturated heterocycles. The Hall–Kier alpha value is -1.64. The van der Waals surface area contributed by atoms with Crippen LogP contribution < -0.4 is 15.4 Å². The van der Waals surface area contributed by atoms with Crippen LogP contribution >= 0.6 is 0 Å². The number of hydrogen-bond acceptors (Lipinski definition) is 4. The molecule has 0 saturated carbocycles. The lowest BCUT2D eigenvalue weighted by atomic mass is 9.89. The number of rotatable bonds is 9. The van der Waals surface area contributed by atoms with E-state index >= 15 is 0 Å². The Bertz CT molecular complexity index is 719.